The number of nitrogens with two attached hydrogens (primary N) is 2. The highest BCUT2D eigenvalue weighted by atomic mass is 16.4. The molecule has 0 unspecified atom stereocenters. The fourth-order valence-corrected chi connectivity index (χ4v) is 1.65. The van der Waals surface area contributed by atoms with Gasteiger partial charge in [0.2, 0.25) is 5.91 Å². The van der Waals surface area contributed by atoms with Crippen LogP contribution in [-0.2, 0) is 9.59 Å². The number of guanidine groups is 1. The van der Waals surface area contributed by atoms with Gasteiger partial charge in [-0.05, 0) is 25.2 Å². The summed E-state index contributed by atoms with van der Waals surface area (Å²) in [5.41, 5.74) is 10.8. The number of carboxylic acids is 1. The summed E-state index contributed by atoms with van der Waals surface area (Å²) >= 11 is 0. The van der Waals surface area contributed by atoms with E-state index < -0.39 is 24.0 Å². The quantitative estimate of drug-likeness (QED) is 0.185. The van der Waals surface area contributed by atoms with Crippen molar-refractivity contribution in [3.63, 3.8) is 0 Å². The Morgan fingerprint density at radius 3 is 2.40 bits per heavy atom. The van der Waals surface area contributed by atoms with Crippen LogP contribution in [0.5, 0.6) is 0 Å². The molecule has 0 aromatic carbocycles. The van der Waals surface area contributed by atoms with Crippen molar-refractivity contribution in [1.82, 2.24) is 10.6 Å². The van der Waals surface area contributed by atoms with Crippen molar-refractivity contribution in [1.29, 1.82) is 5.41 Å². The largest absolute Gasteiger partial charge is 0.480 e. The molecule has 8 N–H and O–H groups in total. The van der Waals surface area contributed by atoms with Gasteiger partial charge in [-0.2, -0.15) is 0 Å². The lowest BCUT2D eigenvalue weighted by Gasteiger charge is -2.19. The van der Waals surface area contributed by atoms with E-state index in [0.717, 1.165) is 0 Å². The Kier molecular flexibility index (Phi) is 8.30. The molecule has 0 saturated carbocycles. The van der Waals surface area contributed by atoms with Gasteiger partial charge in [0.05, 0.1) is 6.04 Å². The average molecular weight is 287 g/mol. The summed E-state index contributed by atoms with van der Waals surface area (Å²) in [6.07, 6.45) is 1.32. The Bertz CT molecular complexity index is 346. The molecule has 0 bridgehead atoms. The third kappa shape index (κ3) is 8.30. The zero-order chi connectivity index (χ0) is 15.7. The molecule has 0 saturated heterocycles. The van der Waals surface area contributed by atoms with E-state index in [-0.39, 0.29) is 11.9 Å². The normalized spacial score (nSPS) is 13.6. The first kappa shape index (κ1) is 18.2. The minimum absolute atomic E-state index is 0.133. The predicted octanol–water partition coefficient (Wildman–Crippen LogP) is -0.808. The molecule has 2 atom stereocenters. The summed E-state index contributed by atoms with van der Waals surface area (Å²) in [6.45, 7) is 4.22. The number of rotatable bonds is 9. The molecule has 8 heteroatoms. The van der Waals surface area contributed by atoms with Crippen molar-refractivity contribution in [3.8, 4) is 0 Å². The molecule has 0 heterocycles. The Hall–Kier alpha value is -1.83. The number of carbonyl (C=O) groups is 2. The molecular weight excluding hydrogens is 262 g/mol. The second kappa shape index (κ2) is 9.13. The summed E-state index contributed by atoms with van der Waals surface area (Å²) in [7, 11) is 0. The molecule has 0 fully saturated rings. The molecular formula is C12H25N5O3. The van der Waals surface area contributed by atoms with Crippen LogP contribution in [0.15, 0.2) is 0 Å². The molecule has 0 aliphatic carbocycles. The Balaban J connectivity index is 4.15. The zero-order valence-electron chi connectivity index (χ0n) is 12.0. The second-order valence-electron chi connectivity index (χ2n) is 5.12. The van der Waals surface area contributed by atoms with Gasteiger partial charge in [0.15, 0.2) is 5.96 Å². The lowest BCUT2D eigenvalue weighted by molar-refractivity contribution is -0.142. The van der Waals surface area contributed by atoms with Crippen molar-refractivity contribution in [3.05, 3.63) is 0 Å². The van der Waals surface area contributed by atoms with Gasteiger partial charge in [0.25, 0.3) is 0 Å². The monoisotopic (exact) mass is 287 g/mol. The second-order valence-corrected chi connectivity index (χ2v) is 5.12. The van der Waals surface area contributed by atoms with Crippen LogP contribution in [0, 0.1) is 11.3 Å². The van der Waals surface area contributed by atoms with Crippen molar-refractivity contribution < 1.29 is 14.7 Å². The van der Waals surface area contributed by atoms with Gasteiger partial charge < -0.3 is 27.2 Å². The molecule has 20 heavy (non-hydrogen) atoms. The van der Waals surface area contributed by atoms with Gasteiger partial charge in [-0.1, -0.05) is 13.8 Å². The smallest absolute Gasteiger partial charge is 0.326 e. The molecule has 0 spiro atoms. The number of hydrogen-bond donors (Lipinski definition) is 6. The van der Waals surface area contributed by atoms with Gasteiger partial charge in [-0.3, -0.25) is 10.2 Å². The van der Waals surface area contributed by atoms with Crippen molar-refractivity contribution in [2.45, 2.75) is 45.2 Å². The summed E-state index contributed by atoms with van der Waals surface area (Å²) in [6, 6.07) is -1.68. The maximum atomic E-state index is 11.8. The first-order valence-electron chi connectivity index (χ1n) is 6.60. The van der Waals surface area contributed by atoms with Gasteiger partial charge >= 0.3 is 5.97 Å². The van der Waals surface area contributed by atoms with Crippen LogP contribution in [0.3, 0.4) is 0 Å². The molecule has 0 aromatic heterocycles. The molecule has 0 rings (SSSR count). The Morgan fingerprint density at radius 2 is 1.95 bits per heavy atom. The first-order chi connectivity index (χ1) is 9.23. The van der Waals surface area contributed by atoms with Crippen molar-refractivity contribution in [2.75, 3.05) is 6.54 Å². The topological polar surface area (TPSA) is 154 Å². The van der Waals surface area contributed by atoms with E-state index in [4.69, 9.17) is 22.0 Å². The van der Waals surface area contributed by atoms with E-state index in [0.29, 0.717) is 25.8 Å². The van der Waals surface area contributed by atoms with Crippen molar-refractivity contribution >= 4 is 17.8 Å². The van der Waals surface area contributed by atoms with E-state index in [2.05, 4.69) is 10.6 Å². The molecule has 0 radical (unpaired) electrons. The summed E-state index contributed by atoms with van der Waals surface area (Å²) in [5, 5.41) is 21.0. The minimum atomic E-state index is -1.06. The van der Waals surface area contributed by atoms with Gasteiger partial charge in [0.1, 0.15) is 6.04 Å². The SMILES string of the molecule is CC(C)C[C@H](NC(=O)[C@@H](N)CCCNC(=N)N)C(=O)O. The number of carbonyl (C=O) groups excluding carboxylic acids is 1. The predicted molar refractivity (Wildman–Crippen MR) is 76.1 cm³/mol. The van der Waals surface area contributed by atoms with E-state index in [1.54, 1.807) is 0 Å². The maximum Gasteiger partial charge on any atom is 0.326 e. The van der Waals surface area contributed by atoms with Crippen LogP contribution in [0.2, 0.25) is 0 Å². The standard InChI is InChI=1S/C12H25N5O3/c1-7(2)6-9(11(19)20)17-10(18)8(13)4-3-5-16-12(14)15/h7-9H,3-6,13H2,1-2H3,(H,17,18)(H,19,20)(H4,14,15,16)/t8-,9-/m0/s1. The maximum absolute atomic E-state index is 11.8. The molecule has 8 nitrogen and oxygen atoms in total. The van der Waals surface area contributed by atoms with Crippen LogP contribution in [0.25, 0.3) is 0 Å². The minimum Gasteiger partial charge on any atom is -0.480 e. The summed E-state index contributed by atoms with van der Waals surface area (Å²) in [4.78, 5) is 22.8. The Labute approximate surface area is 118 Å². The number of nitrogens with one attached hydrogen (secondary N) is 3. The highest BCUT2D eigenvalue weighted by Gasteiger charge is 2.23. The molecule has 0 aliphatic heterocycles. The Morgan fingerprint density at radius 1 is 1.35 bits per heavy atom. The third-order valence-electron chi connectivity index (χ3n) is 2.67. The number of carboxylic acid groups (broad SMARTS) is 1. The first-order valence-corrected chi connectivity index (χ1v) is 6.60. The van der Waals surface area contributed by atoms with E-state index in [1.807, 2.05) is 13.8 Å². The third-order valence-corrected chi connectivity index (χ3v) is 2.67. The van der Waals surface area contributed by atoms with E-state index in [9.17, 15) is 9.59 Å². The molecule has 1 amide bonds. The molecule has 116 valence electrons. The van der Waals surface area contributed by atoms with E-state index in [1.165, 1.54) is 0 Å². The van der Waals surface area contributed by atoms with Crippen LogP contribution < -0.4 is 22.1 Å². The van der Waals surface area contributed by atoms with E-state index >= 15 is 0 Å². The fourth-order valence-electron chi connectivity index (χ4n) is 1.65. The van der Waals surface area contributed by atoms with Crippen LogP contribution in [0.4, 0.5) is 0 Å². The van der Waals surface area contributed by atoms with Crippen LogP contribution in [-0.4, -0.2) is 41.6 Å². The van der Waals surface area contributed by atoms with Gasteiger partial charge in [0, 0.05) is 6.54 Å². The molecule has 0 aliphatic rings. The van der Waals surface area contributed by atoms with Gasteiger partial charge in [-0.25, -0.2) is 4.79 Å². The zero-order valence-corrected chi connectivity index (χ0v) is 12.0. The lowest BCUT2D eigenvalue weighted by atomic mass is 10.0. The average Bonchev–Trinajstić information content (AvgIpc) is 2.32. The summed E-state index contributed by atoms with van der Waals surface area (Å²) < 4.78 is 0. The van der Waals surface area contributed by atoms with Crippen molar-refractivity contribution in [2.24, 2.45) is 17.4 Å². The summed E-state index contributed by atoms with van der Waals surface area (Å²) in [5.74, 6) is -1.50. The van der Waals surface area contributed by atoms with Gasteiger partial charge in [-0.15, -0.1) is 0 Å². The number of aliphatic carboxylic acids is 1. The number of amides is 1. The fraction of sp³-hybridized carbons (Fsp3) is 0.750. The molecule has 0 aromatic rings. The van der Waals surface area contributed by atoms with Crippen LogP contribution >= 0.6 is 0 Å². The highest BCUT2D eigenvalue weighted by Crippen LogP contribution is 2.05. The lowest BCUT2D eigenvalue weighted by Crippen LogP contribution is -2.49. The number of hydrogen-bond acceptors (Lipinski definition) is 4. The van der Waals surface area contributed by atoms with Crippen LogP contribution in [0.1, 0.15) is 33.1 Å². The highest BCUT2D eigenvalue weighted by molar-refractivity contribution is 5.86.